The van der Waals surface area contributed by atoms with Gasteiger partial charge in [-0.1, -0.05) is 0 Å². The van der Waals surface area contributed by atoms with Crippen molar-refractivity contribution in [2.24, 2.45) is 0 Å². The van der Waals surface area contributed by atoms with Crippen molar-refractivity contribution in [3.8, 4) is 0 Å². The molecule has 0 aliphatic carbocycles. The zero-order chi connectivity index (χ0) is 8.48. The predicted molar refractivity (Wildman–Crippen MR) is 28.7 cm³/mol. The lowest BCUT2D eigenvalue weighted by molar-refractivity contribution is -0.310. The number of rotatable bonds is 2. The Balaban J connectivity index is 2.63. The number of alkyl halides is 1. The molecule has 0 spiro atoms. The van der Waals surface area contributed by atoms with E-state index in [2.05, 4.69) is 4.74 Å². The van der Waals surface area contributed by atoms with Crippen LogP contribution < -0.4 is 5.11 Å². The first-order valence-corrected chi connectivity index (χ1v) is 2.83. The van der Waals surface area contributed by atoms with E-state index in [4.69, 9.17) is 0 Å². The van der Waals surface area contributed by atoms with Crippen LogP contribution in [0.3, 0.4) is 0 Å². The number of halogens is 1. The highest BCUT2D eigenvalue weighted by Crippen LogP contribution is 2.24. The van der Waals surface area contributed by atoms with Crippen molar-refractivity contribution in [1.29, 1.82) is 0 Å². The molecule has 0 amide bonds. The molecule has 11 heavy (non-hydrogen) atoms. The van der Waals surface area contributed by atoms with Gasteiger partial charge in [-0.15, -0.1) is 0 Å². The van der Waals surface area contributed by atoms with Crippen molar-refractivity contribution in [2.75, 3.05) is 0 Å². The molecule has 5 heteroatoms. The molecule has 0 aromatic carbocycles. The van der Waals surface area contributed by atoms with Crippen LogP contribution in [0.2, 0.25) is 0 Å². The second-order valence-electron chi connectivity index (χ2n) is 2.09. The molecule has 60 valence electrons. The van der Waals surface area contributed by atoms with Crippen molar-refractivity contribution in [3.63, 3.8) is 0 Å². The number of carbonyl (C=O) groups excluding carboxylic acids is 2. The van der Waals surface area contributed by atoms with E-state index in [9.17, 15) is 19.1 Å². The topological polar surface area (TPSA) is 66.4 Å². The van der Waals surface area contributed by atoms with Gasteiger partial charge >= 0.3 is 5.97 Å². The first-order valence-electron chi connectivity index (χ1n) is 2.83. The summed E-state index contributed by atoms with van der Waals surface area (Å²) in [6, 6.07) is 0. The minimum absolute atomic E-state index is 0.755. The Hall–Kier alpha value is -1.39. The molecule has 0 bridgehead atoms. The van der Waals surface area contributed by atoms with Gasteiger partial charge in [0.2, 0.25) is 0 Å². The van der Waals surface area contributed by atoms with Crippen LogP contribution in [0.4, 0.5) is 4.39 Å². The zero-order valence-corrected chi connectivity index (χ0v) is 5.37. The van der Waals surface area contributed by atoms with Gasteiger partial charge in [-0.3, -0.25) is 0 Å². The number of ether oxygens (including phenoxy) is 1. The highest BCUT2D eigenvalue weighted by atomic mass is 19.2. The third kappa shape index (κ3) is 1.76. The van der Waals surface area contributed by atoms with Gasteiger partial charge in [-0.05, 0) is 6.08 Å². The van der Waals surface area contributed by atoms with Gasteiger partial charge in [0.1, 0.15) is 0 Å². The van der Waals surface area contributed by atoms with Crippen molar-refractivity contribution in [1.82, 2.24) is 0 Å². The minimum atomic E-state index is -2.50. The minimum Gasteiger partial charge on any atom is -0.550 e. The fourth-order valence-corrected chi connectivity index (χ4v) is 0.720. The van der Waals surface area contributed by atoms with Crippen LogP contribution in [-0.2, 0) is 14.3 Å². The van der Waals surface area contributed by atoms with E-state index in [1.807, 2.05) is 0 Å². The Labute approximate surface area is 61.3 Å². The first kappa shape index (κ1) is 7.71. The van der Waals surface area contributed by atoms with Gasteiger partial charge in [0.05, 0.1) is 6.42 Å². The fourth-order valence-electron chi connectivity index (χ4n) is 0.720. The second-order valence-corrected chi connectivity index (χ2v) is 2.09. The number of aliphatic carboxylic acids is 1. The normalized spacial score (nSPS) is 28.6. The van der Waals surface area contributed by atoms with Gasteiger partial charge in [-0.25, -0.2) is 4.79 Å². The molecule has 1 atom stereocenters. The molecule has 1 aliphatic heterocycles. The molecule has 0 saturated heterocycles. The Morgan fingerprint density at radius 2 is 2.45 bits per heavy atom. The summed E-state index contributed by atoms with van der Waals surface area (Å²) >= 11 is 0. The number of hydrogen-bond acceptors (Lipinski definition) is 4. The maximum atomic E-state index is 12.9. The second kappa shape index (κ2) is 2.34. The monoisotopic (exact) mass is 159 g/mol. The SMILES string of the molecule is O=C([O-])CC1(F)C=CC(=O)O1. The maximum absolute atomic E-state index is 12.9. The van der Waals surface area contributed by atoms with Crippen molar-refractivity contribution in [2.45, 2.75) is 12.3 Å². The molecule has 1 rings (SSSR count). The van der Waals surface area contributed by atoms with Gasteiger partial charge in [0, 0.05) is 12.0 Å². The summed E-state index contributed by atoms with van der Waals surface area (Å²) in [5.41, 5.74) is 0. The predicted octanol–water partition coefficient (Wildman–Crippen LogP) is -1.09. The largest absolute Gasteiger partial charge is 0.550 e. The fraction of sp³-hybridized carbons (Fsp3) is 0.333. The quantitative estimate of drug-likeness (QED) is 0.480. The van der Waals surface area contributed by atoms with Crippen LogP contribution in [-0.4, -0.2) is 17.8 Å². The van der Waals surface area contributed by atoms with E-state index in [-0.39, 0.29) is 0 Å². The molecular weight excluding hydrogens is 155 g/mol. The van der Waals surface area contributed by atoms with E-state index in [1.54, 1.807) is 0 Å². The van der Waals surface area contributed by atoms with E-state index in [1.165, 1.54) is 0 Å². The molecule has 1 heterocycles. The number of carboxylic acids is 1. The molecule has 0 radical (unpaired) electrons. The summed E-state index contributed by atoms with van der Waals surface area (Å²) in [6.45, 7) is 0. The lowest BCUT2D eigenvalue weighted by Crippen LogP contribution is -2.33. The van der Waals surface area contributed by atoms with Crippen LogP contribution >= 0.6 is 0 Å². The molecule has 0 aromatic rings. The summed E-state index contributed by atoms with van der Waals surface area (Å²) in [5, 5.41) is 9.89. The van der Waals surface area contributed by atoms with Crippen LogP contribution in [0.25, 0.3) is 0 Å². The summed E-state index contributed by atoms with van der Waals surface area (Å²) in [4.78, 5) is 20.2. The average molecular weight is 159 g/mol. The molecule has 0 fully saturated rings. The average Bonchev–Trinajstić information content (AvgIpc) is 2.08. The Morgan fingerprint density at radius 3 is 2.82 bits per heavy atom. The van der Waals surface area contributed by atoms with Crippen LogP contribution in [0.5, 0.6) is 0 Å². The number of hydrogen-bond donors (Lipinski definition) is 0. The summed E-state index contributed by atoms with van der Waals surface area (Å²) in [6.07, 6.45) is 0.628. The molecule has 0 aromatic heterocycles. The number of carbonyl (C=O) groups is 2. The number of esters is 1. The molecule has 0 N–H and O–H groups in total. The van der Waals surface area contributed by atoms with E-state index < -0.39 is 24.2 Å². The standard InChI is InChI=1S/C6H5FO4/c7-6(3-4(8)9)2-1-5(10)11-6/h1-2H,3H2,(H,8,9)/p-1. The summed E-state index contributed by atoms with van der Waals surface area (Å²) in [5.74, 6) is -4.99. The zero-order valence-electron chi connectivity index (χ0n) is 5.37. The lowest BCUT2D eigenvalue weighted by atomic mass is 10.2. The highest BCUT2D eigenvalue weighted by Gasteiger charge is 2.35. The summed E-state index contributed by atoms with van der Waals surface area (Å²) < 4.78 is 16.9. The smallest absolute Gasteiger partial charge is 0.333 e. The lowest BCUT2D eigenvalue weighted by Gasteiger charge is -2.16. The Kier molecular flexibility index (Phi) is 1.64. The van der Waals surface area contributed by atoms with Gasteiger partial charge in [0.15, 0.2) is 0 Å². The van der Waals surface area contributed by atoms with Gasteiger partial charge in [-0.2, -0.15) is 4.39 Å². The Bertz CT molecular complexity index is 235. The summed E-state index contributed by atoms with van der Waals surface area (Å²) in [7, 11) is 0. The highest BCUT2D eigenvalue weighted by molar-refractivity contribution is 5.85. The molecule has 0 saturated carbocycles. The molecule has 1 aliphatic rings. The van der Waals surface area contributed by atoms with Crippen LogP contribution in [0.15, 0.2) is 12.2 Å². The third-order valence-electron chi connectivity index (χ3n) is 1.12. The van der Waals surface area contributed by atoms with E-state index in [0.717, 1.165) is 12.2 Å². The van der Waals surface area contributed by atoms with Crippen molar-refractivity contribution in [3.05, 3.63) is 12.2 Å². The number of carboxylic acid groups (broad SMARTS) is 1. The van der Waals surface area contributed by atoms with E-state index in [0.29, 0.717) is 0 Å². The van der Waals surface area contributed by atoms with Gasteiger partial charge < -0.3 is 14.6 Å². The third-order valence-corrected chi connectivity index (χ3v) is 1.12. The maximum Gasteiger partial charge on any atom is 0.333 e. The van der Waals surface area contributed by atoms with Crippen LogP contribution in [0.1, 0.15) is 6.42 Å². The van der Waals surface area contributed by atoms with Crippen LogP contribution in [0, 0.1) is 0 Å². The van der Waals surface area contributed by atoms with Crippen molar-refractivity contribution >= 4 is 11.9 Å². The Morgan fingerprint density at radius 1 is 1.82 bits per heavy atom. The molecular formula is C6H4FO4-. The van der Waals surface area contributed by atoms with E-state index >= 15 is 0 Å². The van der Waals surface area contributed by atoms with Crippen molar-refractivity contribution < 1.29 is 23.8 Å². The first-order chi connectivity index (χ1) is 5.02. The molecule has 1 unspecified atom stereocenters. The molecule has 4 nitrogen and oxygen atoms in total. The number of cyclic esters (lactones) is 1. The van der Waals surface area contributed by atoms with Gasteiger partial charge in [0.25, 0.3) is 5.85 Å².